The summed E-state index contributed by atoms with van der Waals surface area (Å²) in [4.78, 5) is 0. The van der Waals surface area contributed by atoms with E-state index in [9.17, 15) is 18.3 Å². The predicted molar refractivity (Wildman–Crippen MR) is 71.2 cm³/mol. The number of halogens is 3. The van der Waals surface area contributed by atoms with Crippen molar-refractivity contribution in [1.82, 2.24) is 0 Å². The Morgan fingerprint density at radius 3 is 2.60 bits per heavy atom. The fraction of sp³-hybridized carbons (Fsp3) is 0.467. The first-order valence-corrected chi connectivity index (χ1v) is 6.48. The van der Waals surface area contributed by atoms with Gasteiger partial charge in [-0.25, -0.2) is 0 Å². The zero-order chi connectivity index (χ0) is 15.0. The highest BCUT2D eigenvalue weighted by Gasteiger charge is 2.32. The molecule has 0 spiro atoms. The van der Waals surface area contributed by atoms with Crippen molar-refractivity contribution < 1.29 is 23.0 Å². The van der Waals surface area contributed by atoms with Crippen LogP contribution in [0.25, 0.3) is 0 Å². The van der Waals surface area contributed by atoms with Gasteiger partial charge in [0.2, 0.25) is 0 Å². The molecule has 1 unspecified atom stereocenters. The van der Waals surface area contributed by atoms with E-state index < -0.39 is 17.8 Å². The zero-order valence-corrected chi connectivity index (χ0v) is 11.2. The third kappa shape index (κ3) is 5.75. The second kappa shape index (κ2) is 8.07. The van der Waals surface area contributed by atoms with Gasteiger partial charge < -0.3 is 9.84 Å². The van der Waals surface area contributed by atoms with Crippen LogP contribution in [0.2, 0.25) is 0 Å². The minimum atomic E-state index is -4.35. The van der Waals surface area contributed by atoms with E-state index in [0.717, 1.165) is 12.5 Å². The summed E-state index contributed by atoms with van der Waals surface area (Å²) in [6.45, 7) is 3.78. The van der Waals surface area contributed by atoms with Gasteiger partial charge in [-0.1, -0.05) is 24.3 Å². The number of benzene rings is 1. The first-order valence-electron chi connectivity index (χ1n) is 6.48. The Kier molecular flexibility index (Phi) is 6.75. The summed E-state index contributed by atoms with van der Waals surface area (Å²) >= 11 is 0. The molecule has 1 N–H and O–H groups in total. The average Bonchev–Trinajstić information content (AvgIpc) is 2.41. The maximum atomic E-state index is 12.7. The lowest BCUT2D eigenvalue weighted by Crippen LogP contribution is -2.10. The highest BCUT2D eigenvalue weighted by molar-refractivity contribution is 5.28. The number of hydrogen-bond acceptors (Lipinski definition) is 2. The molecule has 1 aromatic rings. The van der Waals surface area contributed by atoms with Gasteiger partial charge in [0.25, 0.3) is 0 Å². The van der Waals surface area contributed by atoms with E-state index in [2.05, 4.69) is 6.58 Å². The van der Waals surface area contributed by atoms with Crippen LogP contribution >= 0.6 is 0 Å². The van der Waals surface area contributed by atoms with Crippen LogP contribution in [0, 0.1) is 0 Å². The Morgan fingerprint density at radius 1 is 1.25 bits per heavy atom. The van der Waals surface area contributed by atoms with Gasteiger partial charge in [0.05, 0.1) is 18.3 Å². The third-order valence-corrected chi connectivity index (χ3v) is 2.89. The molecule has 5 heteroatoms. The summed E-state index contributed by atoms with van der Waals surface area (Å²) in [7, 11) is 0. The predicted octanol–water partition coefficient (Wildman–Crippen LogP) is 3.94. The highest BCUT2D eigenvalue weighted by Crippen LogP contribution is 2.32. The number of aliphatic hydroxyl groups excluding tert-OH is 1. The van der Waals surface area contributed by atoms with Crippen molar-refractivity contribution in [2.45, 2.75) is 38.1 Å². The van der Waals surface area contributed by atoms with Crippen LogP contribution in [0.3, 0.4) is 0 Å². The lowest BCUT2D eigenvalue weighted by molar-refractivity contribution is -0.138. The second-order valence-electron chi connectivity index (χ2n) is 4.51. The first kappa shape index (κ1) is 16.7. The van der Waals surface area contributed by atoms with Gasteiger partial charge >= 0.3 is 6.18 Å². The van der Waals surface area contributed by atoms with E-state index in [4.69, 9.17) is 4.74 Å². The summed E-state index contributed by atoms with van der Waals surface area (Å²) in [6, 6.07) is 5.40. The average molecular weight is 288 g/mol. The standard InChI is InChI=1S/C15H19F3O2/c1-2-13(19)8-5-6-10-20-11-12-7-3-4-9-14(12)15(16,17)18/h2-4,7,9,13,19H,1,5-6,8,10-11H2. The molecule has 1 atom stereocenters. The van der Waals surface area contributed by atoms with Crippen LogP contribution in [0.5, 0.6) is 0 Å². The smallest absolute Gasteiger partial charge is 0.389 e. The van der Waals surface area contributed by atoms with Gasteiger partial charge in [0.15, 0.2) is 0 Å². The van der Waals surface area contributed by atoms with Crippen molar-refractivity contribution in [2.75, 3.05) is 6.61 Å². The second-order valence-corrected chi connectivity index (χ2v) is 4.51. The molecule has 0 saturated carbocycles. The van der Waals surface area contributed by atoms with Crippen LogP contribution in [0.15, 0.2) is 36.9 Å². The van der Waals surface area contributed by atoms with Crippen LogP contribution in [0.1, 0.15) is 30.4 Å². The fourth-order valence-corrected chi connectivity index (χ4v) is 1.78. The number of aliphatic hydroxyl groups is 1. The maximum absolute atomic E-state index is 12.7. The largest absolute Gasteiger partial charge is 0.416 e. The monoisotopic (exact) mass is 288 g/mol. The molecule has 0 aliphatic heterocycles. The van der Waals surface area contributed by atoms with Crippen LogP contribution in [-0.4, -0.2) is 17.8 Å². The summed E-state index contributed by atoms with van der Waals surface area (Å²) in [5, 5.41) is 9.23. The summed E-state index contributed by atoms with van der Waals surface area (Å²) in [5.41, 5.74) is -0.506. The molecule has 1 rings (SSSR count). The van der Waals surface area contributed by atoms with Crippen molar-refractivity contribution >= 4 is 0 Å². The number of rotatable bonds is 8. The van der Waals surface area contributed by atoms with Gasteiger partial charge in [0, 0.05) is 6.61 Å². The Labute approximate surface area is 116 Å². The SMILES string of the molecule is C=CC(O)CCCCOCc1ccccc1C(F)(F)F. The lowest BCUT2D eigenvalue weighted by atomic mass is 10.1. The Balaban J connectivity index is 2.34. The van der Waals surface area contributed by atoms with Crippen molar-refractivity contribution in [3.63, 3.8) is 0 Å². The summed E-state index contributed by atoms with van der Waals surface area (Å²) < 4.78 is 43.4. The van der Waals surface area contributed by atoms with Gasteiger partial charge in [-0.15, -0.1) is 6.58 Å². The minimum absolute atomic E-state index is 0.0559. The van der Waals surface area contributed by atoms with Crippen LogP contribution in [-0.2, 0) is 17.5 Å². The number of unbranched alkanes of at least 4 members (excludes halogenated alkanes) is 1. The van der Waals surface area contributed by atoms with E-state index in [1.54, 1.807) is 6.07 Å². The molecule has 0 aromatic heterocycles. The molecule has 0 heterocycles. The minimum Gasteiger partial charge on any atom is -0.389 e. The van der Waals surface area contributed by atoms with Gasteiger partial charge in [-0.3, -0.25) is 0 Å². The van der Waals surface area contributed by atoms with Gasteiger partial charge in [-0.2, -0.15) is 13.2 Å². The van der Waals surface area contributed by atoms with E-state index in [-0.39, 0.29) is 12.2 Å². The molecule has 0 aliphatic carbocycles. The Hall–Kier alpha value is -1.33. The Bertz CT molecular complexity index is 416. The molecule has 0 amide bonds. The van der Waals surface area contributed by atoms with Crippen LogP contribution in [0.4, 0.5) is 13.2 Å². The molecular weight excluding hydrogens is 269 g/mol. The van der Waals surface area contributed by atoms with E-state index in [1.807, 2.05) is 0 Å². The van der Waals surface area contributed by atoms with Crippen molar-refractivity contribution in [3.8, 4) is 0 Å². The topological polar surface area (TPSA) is 29.5 Å². The molecule has 0 aliphatic rings. The number of hydrogen-bond donors (Lipinski definition) is 1. The first-order chi connectivity index (χ1) is 9.45. The Morgan fingerprint density at radius 2 is 1.95 bits per heavy atom. The number of alkyl halides is 3. The van der Waals surface area contributed by atoms with Gasteiger partial charge in [-0.05, 0) is 30.9 Å². The van der Waals surface area contributed by atoms with Crippen LogP contribution < -0.4 is 0 Å². The molecular formula is C15H19F3O2. The molecule has 112 valence electrons. The fourth-order valence-electron chi connectivity index (χ4n) is 1.78. The van der Waals surface area contributed by atoms with E-state index >= 15 is 0 Å². The molecule has 0 saturated heterocycles. The molecule has 0 fully saturated rings. The molecule has 20 heavy (non-hydrogen) atoms. The van der Waals surface area contributed by atoms with Crippen molar-refractivity contribution in [3.05, 3.63) is 48.0 Å². The molecule has 1 aromatic carbocycles. The van der Waals surface area contributed by atoms with E-state index in [0.29, 0.717) is 19.4 Å². The zero-order valence-electron chi connectivity index (χ0n) is 11.2. The summed E-state index contributed by atoms with van der Waals surface area (Å²) in [5.74, 6) is 0. The normalized spacial score (nSPS) is 13.2. The lowest BCUT2D eigenvalue weighted by Gasteiger charge is -2.13. The quantitative estimate of drug-likeness (QED) is 0.580. The molecule has 0 radical (unpaired) electrons. The van der Waals surface area contributed by atoms with Crippen molar-refractivity contribution in [2.24, 2.45) is 0 Å². The van der Waals surface area contributed by atoms with E-state index in [1.165, 1.54) is 18.2 Å². The highest BCUT2D eigenvalue weighted by atomic mass is 19.4. The van der Waals surface area contributed by atoms with Crippen molar-refractivity contribution in [1.29, 1.82) is 0 Å². The molecule has 2 nitrogen and oxygen atoms in total. The number of ether oxygens (including phenoxy) is 1. The summed E-state index contributed by atoms with van der Waals surface area (Å²) in [6.07, 6.45) is -1.39. The third-order valence-electron chi connectivity index (χ3n) is 2.89. The molecule has 0 bridgehead atoms. The maximum Gasteiger partial charge on any atom is 0.416 e. The van der Waals surface area contributed by atoms with Gasteiger partial charge in [0.1, 0.15) is 0 Å².